The summed E-state index contributed by atoms with van der Waals surface area (Å²) in [4.78, 5) is 11.9. The van der Waals surface area contributed by atoms with Crippen molar-refractivity contribution in [1.29, 1.82) is 0 Å². The quantitative estimate of drug-likeness (QED) is 0.870. The number of fused-ring (bicyclic) bond motifs is 1. The van der Waals surface area contributed by atoms with Crippen LogP contribution in [-0.2, 0) is 26.1 Å². The molecule has 2 aromatic rings. The Morgan fingerprint density at radius 1 is 1.32 bits per heavy atom. The molecule has 0 fully saturated rings. The van der Waals surface area contributed by atoms with E-state index in [9.17, 15) is 4.79 Å². The van der Waals surface area contributed by atoms with E-state index in [-0.39, 0.29) is 6.03 Å². The lowest BCUT2D eigenvalue weighted by Gasteiger charge is -2.08. The Morgan fingerprint density at radius 2 is 2.18 bits per heavy atom. The number of methoxy groups -OCH3 is 1. The molecule has 2 N–H and O–H groups in total. The number of benzene rings is 1. The number of rotatable bonds is 5. The molecule has 22 heavy (non-hydrogen) atoms. The first kappa shape index (κ1) is 14.4. The van der Waals surface area contributed by atoms with Gasteiger partial charge in [0, 0.05) is 19.5 Å². The second kappa shape index (κ2) is 6.46. The van der Waals surface area contributed by atoms with Gasteiger partial charge < -0.3 is 19.9 Å². The van der Waals surface area contributed by atoms with Crippen LogP contribution >= 0.6 is 0 Å². The Kier molecular flexibility index (Phi) is 4.22. The van der Waals surface area contributed by atoms with Gasteiger partial charge in [-0.1, -0.05) is 12.1 Å². The fraction of sp³-hybridized carbons (Fsp3) is 0.400. The fourth-order valence-electron chi connectivity index (χ4n) is 2.53. The van der Waals surface area contributed by atoms with Crippen molar-refractivity contribution in [2.75, 3.05) is 7.11 Å². The number of amides is 2. The Balaban J connectivity index is 1.48. The van der Waals surface area contributed by atoms with Gasteiger partial charge in [0.15, 0.2) is 5.82 Å². The van der Waals surface area contributed by atoms with Gasteiger partial charge in [-0.2, -0.15) is 0 Å². The molecule has 116 valence electrons. The van der Waals surface area contributed by atoms with Gasteiger partial charge in [0.1, 0.15) is 11.6 Å². The van der Waals surface area contributed by atoms with Gasteiger partial charge in [-0.3, -0.25) is 0 Å². The number of hydrogen-bond donors (Lipinski definition) is 2. The number of nitrogens with one attached hydrogen (secondary N) is 2. The SMILES string of the molecule is COc1cccc(CNC(=O)NCc2nnc3n2CCC3)c1. The molecule has 1 aliphatic rings. The molecule has 1 aromatic carbocycles. The lowest BCUT2D eigenvalue weighted by atomic mass is 10.2. The summed E-state index contributed by atoms with van der Waals surface area (Å²) in [5, 5.41) is 13.8. The van der Waals surface area contributed by atoms with E-state index in [1.807, 2.05) is 24.3 Å². The number of urea groups is 1. The van der Waals surface area contributed by atoms with Gasteiger partial charge in [0.05, 0.1) is 13.7 Å². The van der Waals surface area contributed by atoms with Crippen molar-refractivity contribution < 1.29 is 9.53 Å². The monoisotopic (exact) mass is 301 g/mol. The minimum Gasteiger partial charge on any atom is -0.497 e. The van der Waals surface area contributed by atoms with E-state index in [1.54, 1.807) is 7.11 Å². The average molecular weight is 301 g/mol. The predicted molar refractivity (Wildman–Crippen MR) is 80.4 cm³/mol. The normalized spacial score (nSPS) is 12.8. The molecule has 7 nitrogen and oxygen atoms in total. The largest absolute Gasteiger partial charge is 0.497 e. The minimum atomic E-state index is -0.224. The van der Waals surface area contributed by atoms with Crippen LogP contribution in [-0.4, -0.2) is 27.9 Å². The van der Waals surface area contributed by atoms with Gasteiger partial charge in [-0.25, -0.2) is 4.79 Å². The van der Waals surface area contributed by atoms with Crippen molar-refractivity contribution in [3.8, 4) is 5.75 Å². The standard InChI is InChI=1S/C15H19N5O2/c1-22-12-5-2-4-11(8-12)9-16-15(21)17-10-14-19-18-13-6-3-7-20(13)14/h2,4-5,8H,3,6-7,9-10H2,1H3,(H2,16,17,21). The van der Waals surface area contributed by atoms with Crippen molar-refractivity contribution in [3.05, 3.63) is 41.5 Å². The minimum absolute atomic E-state index is 0.224. The van der Waals surface area contributed by atoms with E-state index in [4.69, 9.17) is 4.74 Å². The molecule has 0 radical (unpaired) electrons. The summed E-state index contributed by atoms with van der Waals surface area (Å²) in [6.07, 6.45) is 2.06. The molecule has 0 aliphatic carbocycles. The van der Waals surface area contributed by atoms with Crippen LogP contribution in [0.1, 0.15) is 23.6 Å². The Hall–Kier alpha value is -2.57. The third-order valence-electron chi connectivity index (χ3n) is 3.68. The van der Waals surface area contributed by atoms with Crippen LogP contribution in [0.3, 0.4) is 0 Å². The van der Waals surface area contributed by atoms with Crippen LogP contribution < -0.4 is 15.4 Å². The van der Waals surface area contributed by atoms with E-state index in [0.29, 0.717) is 13.1 Å². The Bertz CT molecular complexity index is 668. The molecule has 0 bridgehead atoms. The number of carbonyl (C=O) groups is 1. The van der Waals surface area contributed by atoms with E-state index >= 15 is 0 Å². The maximum atomic E-state index is 11.9. The van der Waals surface area contributed by atoms with Gasteiger partial charge in [0.25, 0.3) is 0 Å². The van der Waals surface area contributed by atoms with Gasteiger partial charge in [-0.15, -0.1) is 10.2 Å². The third kappa shape index (κ3) is 3.19. The average Bonchev–Trinajstić information content (AvgIpc) is 3.15. The van der Waals surface area contributed by atoms with Crippen molar-refractivity contribution >= 4 is 6.03 Å². The molecule has 1 aromatic heterocycles. The van der Waals surface area contributed by atoms with Crippen LogP contribution in [0.25, 0.3) is 0 Å². The zero-order valence-corrected chi connectivity index (χ0v) is 12.5. The number of aryl methyl sites for hydroxylation is 1. The molecule has 7 heteroatoms. The first-order chi connectivity index (χ1) is 10.8. The molecule has 0 atom stereocenters. The zero-order valence-electron chi connectivity index (χ0n) is 12.5. The second-order valence-electron chi connectivity index (χ2n) is 5.18. The number of aromatic nitrogens is 3. The summed E-state index contributed by atoms with van der Waals surface area (Å²) >= 11 is 0. The summed E-state index contributed by atoms with van der Waals surface area (Å²) in [6, 6.07) is 7.38. The summed E-state index contributed by atoms with van der Waals surface area (Å²) in [7, 11) is 1.62. The van der Waals surface area contributed by atoms with Gasteiger partial charge >= 0.3 is 6.03 Å². The van der Waals surface area contributed by atoms with Crippen molar-refractivity contribution in [1.82, 2.24) is 25.4 Å². The lowest BCUT2D eigenvalue weighted by molar-refractivity contribution is 0.239. The smallest absolute Gasteiger partial charge is 0.315 e. The predicted octanol–water partition coefficient (Wildman–Crippen LogP) is 1.23. The highest BCUT2D eigenvalue weighted by molar-refractivity contribution is 5.73. The molecule has 3 rings (SSSR count). The van der Waals surface area contributed by atoms with Gasteiger partial charge in [0.2, 0.25) is 0 Å². The third-order valence-corrected chi connectivity index (χ3v) is 3.68. The molecule has 0 spiro atoms. The summed E-state index contributed by atoms with van der Waals surface area (Å²) in [6.45, 7) is 1.77. The molecular weight excluding hydrogens is 282 g/mol. The number of hydrogen-bond acceptors (Lipinski definition) is 4. The highest BCUT2D eigenvalue weighted by Gasteiger charge is 2.17. The first-order valence-electron chi connectivity index (χ1n) is 7.32. The van der Waals surface area contributed by atoms with Crippen LogP contribution in [0.5, 0.6) is 5.75 Å². The molecule has 1 aliphatic heterocycles. The topological polar surface area (TPSA) is 81.1 Å². The second-order valence-corrected chi connectivity index (χ2v) is 5.18. The lowest BCUT2D eigenvalue weighted by Crippen LogP contribution is -2.35. The number of ether oxygens (including phenoxy) is 1. The van der Waals surface area contributed by atoms with Gasteiger partial charge in [-0.05, 0) is 24.1 Å². The van der Waals surface area contributed by atoms with Crippen LogP contribution in [0.4, 0.5) is 4.79 Å². The molecule has 0 unspecified atom stereocenters. The van der Waals surface area contributed by atoms with Crippen molar-refractivity contribution in [3.63, 3.8) is 0 Å². The zero-order chi connectivity index (χ0) is 15.4. The maximum Gasteiger partial charge on any atom is 0.315 e. The van der Waals surface area contributed by atoms with E-state index in [1.165, 1.54) is 0 Å². The highest BCUT2D eigenvalue weighted by Crippen LogP contribution is 2.14. The maximum absolute atomic E-state index is 11.9. The Morgan fingerprint density at radius 3 is 3.05 bits per heavy atom. The molecule has 0 saturated carbocycles. The number of carbonyl (C=O) groups excluding carboxylic acids is 1. The van der Waals surface area contributed by atoms with Crippen LogP contribution in [0.2, 0.25) is 0 Å². The Labute approximate surface area is 128 Å². The molecule has 2 heterocycles. The van der Waals surface area contributed by atoms with Crippen LogP contribution in [0, 0.1) is 0 Å². The molecule has 0 saturated heterocycles. The van der Waals surface area contributed by atoms with Crippen molar-refractivity contribution in [2.45, 2.75) is 32.5 Å². The summed E-state index contributed by atoms with van der Waals surface area (Å²) in [5.41, 5.74) is 0.984. The van der Waals surface area contributed by atoms with E-state index in [0.717, 1.165) is 42.3 Å². The van der Waals surface area contributed by atoms with Crippen molar-refractivity contribution in [2.24, 2.45) is 0 Å². The van der Waals surface area contributed by atoms with E-state index < -0.39 is 0 Å². The number of nitrogens with zero attached hydrogens (tertiary/aromatic N) is 3. The highest BCUT2D eigenvalue weighted by atomic mass is 16.5. The fourth-order valence-corrected chi connectivity index (χ4v) is 2.53. The summed E-state index contributed by atoms with van der Waals surface area (Å²) in [5.74, 6) is 2.59. The molecular formula is C15H19N5O2. The van der Waals surface area contributed by atoms with E-state index in [2.05, 4.69) is 25.4 Å². The summed E-state index contributed by atoms with van der Waals surface area (Å²) < 4.78 is 7.23. The molecule has 2 amide bonds. The first-order valence-corrected chi connectivity index (χ1v) is 7.32. The van der Waals surface area contributed by atoms with Crippen LogP contribution in [0.15, 0.2) is 24.3 Å².